The topological polar surface area (TPSA) is 54.0 Å². The summed E-state index contributed by atoms with van der Waals surface area (Å²) in [7, 11) is 5.55. The van der Waals surface area contributed by atoms with Gasteiger partial charge in [0.2, 0.25) is 11.5 Å². The van der Waals surface area contributed by atoms with Gasteiger partial charge < -0.3 is 18.9 Å². The van der Waals surface area contributed by atoms with E-state index < -0.39 is 5.79 Å². The Morgan fingerprint density at radius 1 is 1.00 bits per heavy atom. The molecule has 0 radical (unpaired) electrons. The minimum absolute atomic E-state index is 0.145. The number of rotatable bonds is 4. The molecule has 0 spiro atoms. The molecule has 1 rings (SSSR count). The number of ether oxygens (including phenoxy) is 4. The van der Waals surface area contributed by atoms with E-state index in [4.69, 9.17) is 18.9 Å². The number of hydrogen-bond acceptors (Lipinski definition) is 5. The second-order valence-corrected chi connectivity index (χ2v) is 2.42. The Kier molecular flexibility index (Phi) is 2.58. The predicted octanol–water partition coefficient (Wildman–Crippen LogP) is 0.0626. The minimum Gasteiger partial charge on any atom is -0.492 e. The Morgan fingerprint density at radius 3 is 1.85 bits per heavy atom. The van der Waals surface area contributed by atoms with Crippen molar-refractivity contribution in [1.82, 2.24) is 0 Å². The predicted molar refractivity (Wildman–Crippen MR) is 42.8 cm³/mol. The molecular weight excluding hydrogens is 176 g/mol. The highest BCUT2D eigenvalue weighted by atomic mass is 16.7. The molecule has 74 valence electrons. The van der Waals surface area contributed by atoms with Crippen LogP contribution in [0, 0.1) is 0 Å². The average Bonchev–Trinajstić information content (AvgIpc) is 2.16. The van der Waals surface area contributed by atoms with Crippen LogP contribution in [0.25, 0.3) is 0 Å². The zero-order valence-electron chi connectivity index (χ0n) is 8.04. The maximum Gasteiger partial charge on any atom is 0.300 e. The molecule has 0 N–H and O–H groups in total. The zero-order chi connectivity index (χ0) is 10.1. The molecule has 0 amide bonds. The molecule has 13 heavy (non-hydrogen) atoms. The molecule has 0 aromatic heterocycles. The van der Waals surface area contributed by atoms with Gasteiger partial charge in [0.15, 0.2) is 0 Å². The van der Waals surface area contributed by atoms with E-state index in [0.717, 1.165) is 0 Å². The third kappa shape index (κ3) is 1.04. The number of methoxy groups -OCH3 is 4. The largest absolute Gasteiger partial charge is 0.492 e. The first-order valence-corrected chi connectivity index (χ1v) is 3.65. The van der Waals surface area contributed by atoms with E-state index in [1.54, 1.807) is 0 Å². The Bertz CT molecular complexity index is 251. The maximum atomic E-state index is 11.4. The van der Waals surface area contributed by atoms with Gasteiger partial charge in [-0.2, -0.15) is 0 Å². The van der Waals surface area contributed by atoms with Crippen molar-refractivity contribution in [2.75, 3.05) is 28.4 Å². The smallest absolute Gasteiger partial charge is 0.300 e. The highest BCUT2D eigenvalue weighted by Gasteiger charge is 2.59. The molecule has 0 aromatic carbocycles. The van der Waals surface area contributed by atoms with Gasteiger partial charge in [-0.05, 0) is 0 Å². The van der Waals surface area contributed by atoms with E-state index in [2.05, 4.69) is 0 Å². The average molecular weight is 188 g/mol. The van der Waals surface area contributed by atoms with Gasteiger partial charge in [0.1, 0.15) is 0 Å². The van der Waals surface area contributed by atoms with Crippen LogP contribution in [0.4, 0.5) is 0 Å². The molecule has 0 fully saturated rings. The van der Waals surface area contributed by atoms with Crippen molar-refractivity contribution in [2.24, 2.45) is 0 Å². The Balaban J connectivity index is 3.06. The molecule has 0 heterocycles. The van der Waals surface area contributed by atoms with Gasteiger partial charge in [-0.25, -0.2) is 0 Å². The van der Waals surface area contributed by atoms with Crippen LogP contribution < -0.4 is 0 Å². The molecule has 0 aliphatic heterocycles. The summed E-state index contributed by atoms with van der Waals surface area (Å²) in [5.41, 5.74) is 0. The number of Topliss-reactive ketones (excluding diaryl/α,β-unsaturated/α-hetero) is 1. The maximum absolute atomic E-state index is 11.4. The van der Waals surface area contributed by atoms with Gasteiger partial charge in [0, 0.05) is 14.2 Å². The van der Waals surface area contributed by atoms with Crippen molar-refractivity contribution in [1.29, 1.82) is 0 Å². The molecule has 0 saturated carbocycles. The lowest BCUT2D eigenvalue weighted by Crippen LogP contribution is -2.55. The van der Waals surface area contributed by atoms with Gasteiger partial charge in [-0.1, -0.05) is 0 Å². The fraction of sp³-hybridized carbons (Fsp3) is 0.625. The summed E-state index contributed by atoms with van der Waals surface area (Å²) >= 11 is 0. The van der Waals surface area contributed by atoms with Crippen molar-refractivity contribution >= 4 is 5.78 Å². The van der Waals surface area contributed by atoms with Crippen molar-refractivity contribution < 1.29 is 23.7 Å². The lowest BCUT2D eigenvalue weighted by Gasteiger charge is -2.37. The van der Waals surface area contributed by atoms with Crippen molar-refractivity contribution in [3.63, 3.8) is 0 Å². The van der Waals surface area contributed by atoms with Crippen LogP contribution in [0.3, 0.4) is 0 Å². The van der Waals surface area contributed by atoms with Crippen LogP contribution in [0.2, 0.25) is 0 Å². The standard InChI is InChI=1S/C8H12O5/c1-10-5-6(9)8(12-3,13-4)7(5)11-2/h1-4H3. The molecule has 1 aliphatic rings. The molecule has 1 aliphatic carbocycles. The Morgan fingerprint density at radius 2 is 1.54 bits per heavy atom. The van der Waals surface area contributed by atoms with E-state index in [1.165, 1.54) is 28.4 Å². The summed E-state index contributed by atoms with van der Waals surface area (Å²) in [5.74, 6) is -1.35. The first-order valence-electron chi connectivity index (χ1n) is 3.65. The molecule has 0 aromatic rings. The van der Waals surface area contributed by atoms with Gasteiger partial charge >= 0.3 is 5.79 Å². The molecule has 0 atom stereocenters. The Hall–Kier alpha value is -1.07. The van der Waals surface area contributed by atoms with Gasteiger partial charge in [0.05, 0.1) is 14.2 Å². The van der Waals surface area contributed by atoms with Crippen LogP contribution in [0.5, 0.6) is 0 Å². The first-order chi connectivity index (χ1) is 6.17. The van der Waals surface area contributed by atoms with E-state index in [9.17, 15) is 4.79 Å². The van der Waals surface area contributed by atoms with Gasteiger partial charge in [0.25, 0.3) is 5.78 Å². The Labute approximate surface area is 76.2 Å². The molecule has 0 saturated heterocycles. The number of hydrogen-bond donors (Lipinski definition) is 0. The number of ketones is 1. The summed E-state index contributed by atoms with van der Waals surface area (Å²) in [6.45, 7) is 0. The van der Waals surface area contributed by atoms with Crippen LogP contribution >= 0.6 is 0 Å². The summed E-state index contributed by atoms with van der Waals surface area (Å²) in [5, 5.41) is 0. The molecule has 0 bridgehead atoms. The molecule has 5 heteroatoms. The molecule has 0 unspecified atom stereocenters. The van der Waals surface area contributed by atoms with Crippen molar-refractivity contribution in [3.8, 4) is 0 Å². The second kappa shape index (κ2) is 3.35. The second-order valence-electron chi connectivity index (χ2n) is 2.42. The number of carbonyl (C=O) groups is 1. The van der Waals surface area contributed by atoms with E-state index in [-0.39, 0.29) is 17.3 Å². The summed E-state index contributed by atoms with van der Waals surface area (Å²) in [6, 6.07) is 0. The molecular formula is C8H12O5. The normalized spacial score (nSPS) is 19.8. The molecule has 5 nitrogen and oxygen atoms in total. The quantitative estimate of drug-likeness (QED) is 0.584. The lowest BCUT2D eigenvalue weighted by atomic mass is 9.94. The monoisotopic (exact) mass is 188 g/mol. The van der Waals surface area contributed by atoms with E-state index in [0.29, 0.717) is 0 Å². The fourth-order valence-corrected chi connectivity index (χ4v) is 1.31. The van der Waals surface area contributed by atoms with Crippen molar-refractivity contribution in [3.05, 3.63) is 11.5 Å². The lowest BCUT2D eigenvalue weighted by molar-refractivity contribution is -0.217. The highest BCUT2D eigenvalue weighted by Crippen LogP contribution is 2.39. The zero-order valence-corrected chi connectivity index (χ0v) is 8.04. The van der Waals surface area contributed by atoms with Gasteiger partial charge in [-0.15, -0.1) is 0 Å². The SMILES string of the molecule is COC1=C(OC)C(OC)(OC)C1=O. The van der Waals surface area contributed by atoms with Gasteiger partial charge in [-0.3, -0.25) is 4.79 Å². The van der Waals surface area contributed by atoms with Crippen molar-refractivity contribution in [2.45, 2.75) is 5.79 Å². The third-order valence-electron chi connectivity index (χ3n) is 1.99. The fourth-order valence-electron chi connectivity index (χ4n) is 1.31. The van der Waals surface area contributed by atoms with Crippen LogP contribution in [-0.2, 0) is 23.7 Å². The summed E-state index contributed by atoms with van der Waals surface area (Å²) in [6.07, 6.45) is 0. The van der Waals surface area contributed by atoms with E-state index >= 15 is 0 Å². The highest BCUT2D eigenvalue weighted by molar-refractivity contribution is 6.09. The first kappa shape index (κ1) is 10.0. The van der Waals surface area contributed by atoms with Crippen LogP contribution in [0.15, 0.2) is 11.5 Å². The summed E-state index contributed by atoms with van der Waals surface area (Å²) in [4.78, 5) is 11.4. The summed E-state index contributed by atoms with van der Waals surface area (Å²) < 4.78 is 19.6. The minimum atomic E-state index is -1.40. The van der Waals surface area contributed by atoms with Crippen LogP contribution in [0.1, 0.15) is 0 Å². The van der Waals surface area contributed by atoms with E-state index in [1.807, 2.05) is 0 Å². The van der Waals surface area contributed by atoms with Crippen LogP contribution in [-0.4, -0.2) is 40.0 Å². The third-order valence-corrected chi connectivity index (χ3v) is 1.99. The number of carbonyl (C=O) groups excluding carboxylic acids is 1.